The van der Waals surface area contributed by atoms with Gasteiger partial charge in [0.2, 0.25) is 5.91 Å². The van der Waals surface area contributed by atoms with Crippen LogP contribution in [0, 0.1) is 11.3 Å². The van der Waals surface area contributed by atoms with E-state index in [9.17, 15) is 4.79 Å². The van der Waals surface area contributed by atoms with Gasteiger partial charge in [0.25, 0.3) is 0 Å². The molecule has 0 aliphatic rings. The number of thioether (sulfide) groups is 1. The minimum absolute atomic E-state index is 0.0847. The van der Waals surface area contributed by atoms with Crippen molar-refractivity contribution in [2.45, 2.75) is 6.42 Å². The van der Waals surface area contributed by atoms with Crippen LogP contribution >= 0.6 is 11.8 Å². The molecule has 1 amide bonds. The molecule has 12 heavy (non-hydrogen) atoms. The Morgan fingerprint density at radius 2 is 2.42 bits per heavy atom. The summed E-state index contributed by atoms with van der Waals surface area (Å²) in [4.78, 5) is 10.9. The van der Waals surface area contributed by atoms with Gasteiger partial charge >= 0.3 is 0 Å². The van der Waals surface area contributed by atoms with E-state index in [0.717, 1.165) is 12.2 Å². The molecule has 0 saturated heterocycles. The van der Waals surface area contributed by atoms with Crippen molar-refractivity contribution >= 4 is 17.7 Å². The van der Waals surface area contributed by atoms with Gasteiger partial charge in [-0.25, -0.2) is 0 Å². The van der Waals surface area contributed by atoms with Crippen molar-refractivity contribution in [1.29, 1.82) is 5.26 Å². The first-order chi connectivity index (χ1) is 5.81. The zero-order valence-electron chi connectivity index (χ0n) is 6.88. The molecule has 0 heterocycles. The standard InChI is InChI=1S/C7H13N3OS/c8-2-1-5-12-6-7(11)10-4-3-9/h1-2,4-6,8H2,(H,10,11). The number of amides is 1. The van der Waals surface area contributed by atoms with Crippen molar-refractivity contribution in [2.75, 3.05) is 24.6 Å². The highest BCUT2D eigenvalue weighted by Crippen LogP contribution is 2.00. The monoisotopic (exact) mass is 187 g/mol. The fourth-order valence-corrected chi connectivity index (χ4v) is 1.34. The van der Waals surface area contributed by atoms with Gasteiger partial charge in [0.15, 0.2) is 0 Å². The summed E-state index contributed by atoms with van der Waals surface area (Å²) in [5, 5.41) is 10.6. The number of hydrogen-bond acceptors (Lipinski definition) is 4. The first kappa shape index (κ1) is 11.3. The lowest BCUT2D eigenvalue weighted by Crippen LogP contribution is -2.25. The Balaban J connectivity index is 3.15. The van der Waals surface area contributed by atoms with E-state index < -0.39 is 0 Å². The predicted molar refractivity (Wildman–Crippen MR) is 49.6 cm³/mol. The maximum atomic E-state index is 10.9. The number of carbonyl (C=O) groups is 1. The van der Waals surface area contributed by atoms with Gasteiger partial charge < -0.3 is 11.1 Å². The van der Waals surface area contributed by atoms with Crippen LogP contribution in [-0.4, -0.2) is 30.5 Å². The number of carbonyl (C=O) groups excluding carboxylic acids is 1. The van der Waals surface area contributed by atoms with E-state index in [0.29, 0.717) is 12.3 Å². The molecule has 0 aromatic carbocycles. The van der Waals surface area contributed by atoms with Crippen molar-refractivity contribution < 1.29 is 4.79 Å². The van der Waals surface area contributed by atoms with Gasteiger partial charge in [0, 0.05) is 0 Å². The van der Waals surface area contributed by atoms with Crippen molar-refractivity contribution in [3.8, 4) is 6.07 Å². The molecule has 0 atom stereocenters. The van der Waals surface area contributed by atoms with Gasteiger partial charge in [-0.3, -0.25) is 4.79 Å². The number of nitrogens with zero attached hydrogens (tertiary/aromatic N) is 1. The van der Waals surface area contributed by atoms with Gasteiger partial charge in [-0.15, -0.1) is 0 Å². The van der Waals surface area contributed by atoms with Crippen LogP contribution in [0.3, 0.4) is 0 Å². The summed E-state index contributed by atoms with van der Waals surface area (Å²) < 4.78 is 0. The average molecular weight is 187 g/mol. The van der Waals surface area contributed by atoms with Crippen molar-refractivity contribution in [3.05, 3.63) is 0 Å². The van der Waals surface area contributed by atoms with Crippen LogP contribution in [-0.2, 0) is 4.79 Å². The quantitative estimate of drug-likeness (QED) is 0.442. The van der Waals surface area contributed by atoms with Crippen LogP contribution in [0.5, 0.6) is 0 Å². The van der Waals surface area contributed by atoms with E-state index in [1.54, 1.807) is 0 Å². The highest BCUT2D eigenvalue weighted by molar-refractivity contribution is 7.99. The van der Waals surface area contributed by atoms with Gasteiger partial charge in [-0.2, -0.15) is 17.0 Å². The second-order valence-electron chi connectivity index (χ2n) is 2.13. The number of rotatable bonds is 6. The highest BCUT2D eigenvalue weighted by atomic mass is 32.2. The Kier molecular flexibility index (Phi) is 7.86. The number of nitrogens with one attached hydrogen (secondary N) is 1. The Hall–Kier alpha value is -0.730. The van der Waals surface area contributed by atoms with E-state index in [-0.39, 0.29) is 12.5 Å². The number of nitriles is 1. The van der Waals surface area contributed by atoms with Crippen LogP contribution in [0.4, 0.5) is 0 Å². The van der Waals surface area contributed by atoms with Crippen molar-refractivity contribution in [3.63, 3.8) is 0 Å². The molecule has 3 N–H and O–H groups in total. The Morgan fingerprint density at radius 1 is 1.67 bits per heavy atom. The third-order valence-corrected chi connectivity index (χ3v) is 2.13. The van der Waals surface area contributed by atoms with Crippen molar-refractivity contribution in [1.82, 2.24) is 5.32 Å². The smallest absolute Gasteiger partial charge is 0.230 e. The van der Waals surface area contributed by atoms with Crippen LogP contribution in [0.2, 0.25) is 0 Å². The summed E-state index contributed by atoms with van der Waals surface area (Å²) in [5.41, 5.74) is 5.27. The van der Waals surface area contributed by atoms with Crippen LogP contribution in [0.25, 0.3) is 0 Å². The molecule has 0 aliphatic carbocycles. The first-order valence-corrected chi connectivity index (χ1v) is 4.88. The molecular formula is C7H13N3OS. The molecule has 0 aromatic rings. The minimum atomic E-state index is -0.0847. The maximum Gasteiger partial charge on any atom is 0.230 e. The molecule has 68 valence electrons. The molecule has 0 spiro atoms. The topological polar surface area (TPSA) is 78.9 Å². The van der Waals surface area contributed by atoms with Crippen LogP contribution in [0.1, 0.15) is 6.42 Å². The molecule has 0 rings (SSSR count). The number of nitrogens with two attached hydrogens (primary N) is 1. The Labute approximate surface area is 76.5 Å². The third kappa shape index (κ3) is 7.38. The van der Waals surface area contributed by atoms with E-state index >= 15 is 0 Å². The molecule has 0 saturated carbocycles. The average Bonchev–Trinajstić information content (AvgIpc) is 2.09. The van der Waals surface area contributed by atoms with Crippen molar-refractivity contribution in [2.24, 2.45) is 5.73 Å². The highest BCUT2D eigenvalue weighted by Gasteiger charge is 1.98. The van der Waals surface area contributed by atoms with Gasteiger partial charge in [0.05, 0.1) is 11.8 Å². The summed E-state index contributed by atoms with van der Waals surface area (Å²) in [7, 11) is 0. The number of hydrogen-bond donors (Lipinski definition) is 2. The fraction of sp³-hybridized carbons (Fsp3) is 0.714. The first-order valence-electron chi connectivity index (χ1n) is 3.72. The summed E-state index contributed by atoms with van der Waals surface area (Å²) >= 11 is 1.53. The van der Waals surface area contributed by atoms with E-state index in [1.807, 2.05) is 6.07 Å². The van der Waals surface area contributed by atoms with Crippen LogP contribution < -0.4 is 11.1 Å². The summed E-state index contributed by atoms with van der Waals surface area (Å²) in [5.74, 6) is 1.23. The SMILES string of the molecule is N#CCNC(=O)CSCCCN. The molecule has 0 bridgehead atoms. The molecule has 0 fully saturated rings. The second kappa shape index (κ2) is 8.37. The van der Waals surface area contributed by atoms with E-state index in [2.05, 4.69) is 5.32 Å². The summed E-state index contributed by atoms with van der Waals surface area (Å²) in [6.07, 6.45) is 0.927. The normalized spacial score (nSPS) is 9.00. The molecular weight excluding hydrogens is 174 g/mol. The predicted octanol–water partition coefficient (Wildman–Crippen LogP) is -0.292. The lowest BCUT2D eigenvalue weighted by atomic mass is 10.5. The van der Waals surface area contributed by atoms with Crippen LogP contribution in [0.15, 0.2) is 0 Å². The van der Waals surface area contributed by atoms with Gasteiger partial charge in [-0.05, 0) is 18.7 Å². The van der Waals surface area contributed by atoms with Gasteiger partial charge in [0.1, 0.15) is 6.54 Å². The van der Waals surface area contributed by atoms with E-state index in [1.165, 1.54) is 11.8 Å². The summed E-state index contributed by atoms with van der Waals surface area (Å²) in [6, 6.07) is 1.84. The second-order valence-corrected chi connectivity index (χ2v) is 3.23. The largest absolute Gasteiger partial charge is 0.342 e. The molecule has 0 radical (unpaired) electrons. The molecule has 0 aromatic heterocycles. The molecule has 5 heteroatoms. The maximum absolute atomic E-state index is 10.9. The molecule has 4 nitrogen and oxygen atoms in total. The zero-order chi connectivity index (χ0) is 9.23. The Bertz CT molecular complexity index is 167. The molecule has 0 unspecified atom stereocenters. The molecule has 0 aliphatic heterocycles. The Morgan fingerprint density at radius 3 is 3.00 bits per heavy atom. The lowest BCUT2D eigenvalue weighted by molar-refractivity contribution is -0.118. The minimum Gasteiger partial charge on any atom is -0.342 e. The van der Waals surface area contributed by atoms with Gasteiger partial charge in [-0.1, -0.05) is 0 Å². The lowest BCUT2D eigenvalue weighted by Gasteiger charge is -1.99. The van der Waals surface area contributed by atoms with E-state index in [4.69, 9.17) is 11.0 Å². The third-order valence-electron chi connectivity index (χ3n) is 1.09. The summed E-state index contributed by atoms with van der Waals surface area (Å²) in [6.45, 7) is 0.753. The fourth-order valence-electron chi connectivity index (χ4n) is 0.539. The zero-order valence-corrected chi connectivity index (χ0v) is 7.69.